The summed E-state index contributed by atoms with van der Waals surface area (Å²) in [7, 11) is 3.32. The summed E-state index contributed by atoms with van der Waals surface area (Å²) in [6.07, 6.45) is 4.00. The maximum Gasteiger partial charge on any atom is 0.227 e. The van der Waals surface area contributed by atoms with E-state index in [4.69, 9.17) is 14.2 Å². The number of nitrogens with one attached hydrogen (secondary N) is 2. The van der Waals surface area contributed by atoms with Crippen LogP contribution < -0.4 is 20.1 Å². The zero-order valence-corrected chi connectivity index (χ0v) is 22.0. The Bertz CT molecular complexity index is 850. The maximum atomic E-state index is 13.6. The van der Waals surface area contributed by atoms with Gasteiger partial charge in [0, 0.05) is 64.3 Å². The van der Waals surface area contributed by atoms with Crippen molar-refractivity contribution in [3.05, 3.63) is 23.8 Å². The molecule has 1 saturated heterocycles. The number of nitrogens with zero attached hydrogens (tertiary/aromatic N) is 1. The van der Waals surface area contributed by atoms with E-state index in [0.717, 1.165) is 30.6 Å². The van der Waals surface area contributed by atoms with Crippen molar-refractivity contribution in [1.82, 2.24) is 15.5 Å². The Morgan fingerprint density at radius 1 is 1.09 bits per heavy atom. The first kappa shape index (κ1) is 27.3. The second-order valence-corrected chi connectivity index (χ2v) is 11.0. The fourth-order valence-electron chi connectivity index (χ4n) is 4.52. The molecule has 1 aliphatic heterocycles. The second-order valence-electron chi connectivity index (χ2n) is 11.0. The number of hydrogen-bond donors (Lipinski definition) is 2. The van der Waals surface area contributed by atoms with Crippen LogP contribution in [0.25, 0.3) is 0 Å². The molecule has 2 unspecified atom stereocenters. The highest BCUT2D eigenvalue weighted by molar-refractivity contribution is 5.80. The Labute approximate surface area is 210 Å². The SMILES string of the molecule is COCCCOc1cc(CN(C(=O)C2CNCC(NC(=O)CC(C)(C)C)C2)C2CC2)cc(OC)c1. The molecule has 2 fully saturated rings. The summed E-state index contributed by atoms with van der Waals surface area (Å²) in [6.45, 7) is 9.23. The molecule has 1 aliphatic carbocycles. The van der Waals surface area contributed by atoms with Gasteiger partial charge in [-0.25, -0.2) is 0 Å². The third-order valence-electron chi connectivity index (χ3n) is 6.32. The number of benzene rings is 1. The first-order chi connectivity index (χ1) is 16.7. The minimum Gasteiger partial charge on any atom is -0.497 e. The molecule has 3 rings (SSSR count). The van der Waals surface area contributed by atoms with Gasteiger partial charge in [0.15, 0.2) is 0 Å². The molecule has 2 atom stereocenters. The molecular weight excluding hydrogens is 446 g/mol. The molecule has 1 aromatic carbocycles. The van der Waals surface area contributed by atoms with E-state index < -0.39 is 0 Å². The van der Waals surface area contributed by atoms with Crippen LogP contribution in [0, 0.1) is 11.3 Å². The van der Waals surface area contributed by atoms with Crippen LogP contribution in [0.4, 0.5) is 0 Å². The lowest BCUT2D eigenvalue weighted by Gasteiger charge is -2.34. The van der Waals surface area contributed by atoms with Crippen LogP contribution in [0.3, 0.4) is 0 Å². The highest BCUT2D eigenvalue weighted by Gasteiger charge is 2.38. The zero-order valence-electron chi connectivity index (χ0n) is 22.0. The van der Waals surface area contributed by atoms with E-state index in [1.54, 1.807) is 14.2 Å². The van der Waals surface area contributed by atoms with Crippen molar-refractivity contribution in [2.75, 3.05) is 40.5 Å². The number of carbonyl (C=O) groups is 2. The largest absolute Gasteiger partial charge is 0.497 e. The van der Waals surface area contributed by atoms with Gasteiger partial charge in [-0.05, 0) is 42.4 Å². The van der Waals surface area contributed by atoms with Crippen LogP contribution in [0.1, 0.15) is 58.4 Å². The topological polar surface area (TPSA) is 89.1 Å². The third kappa shape index (κ3) is 9.00. The second kappa shape index (κ2) is 12.6. The zero-order chi connectivity index (χ0) is 25.4. The van der Waals surface area contributed by atoms with Crippen LogP contribution in [-0.2, 0) is 20.9 Å². The summed E-state index contributed by atoms with van der Waals surface area (Å²) in [5.41, 5.74) is 0.929. The molecule has 1 saturated carbocycles. The Balaban J connectivity index is 1.64. The molecule has 0 spiro atoms. The van der Waals surface area contributed by atoms with Crippen LogP contribution in [-0.4, -0.2) is 69.3 Å². The van der Waals surface area contributed by atoms with Gasteiger partial charge in [-0.2, -0.15) is 0 Å². The molecule has 8 nitrogen and oxygen atoms in total. The Morgan fingerprint density at radius 3 is 2.49 bits per heavy atom. The fraction of sp³-hybridized carbons (Fsp3) is 0.704. The summed E-state index contributed by atoms with van der Waals surface area (Å²) in [5.74, 6) is 1.50. The van der Waals surface area contributed by atoms with Gasteiger partial charge in [-0.1, -0.05) is 20.8 Å². The van der Waals surface area contributed by atoms with Gasteiger partial charge in [-0.3, -0.25) is 9.59 Å². The van der Waals surface area contributed by atoms with E-state index >= 15 is 0 Å². The van der Waals surface area contributed by atoms with Crippen molar-refractivity contribution < 1.29 is 23.8 Å². The van der Waals surface area contributed by atoms with Crippen molar-refractivity contribution in [3.8, 4) is 11.5 Å². The molecule has 1 aromatic rings. The van der Waals surface area contributed by atoms with Crippen LogP contribution in [0.5, 0.6) is 11.5 Å². The number of piperidine rings is 1. The molecule has 8 heteroatoms. The number of rotatable bonds is 12. The minimum absolute atomic E-state index is 0.0301. The standard InChI is InChI=1S/C27H43N3O5/c1-27(2,3)15-25(31)29-21-13-20(16-28-17-21)26(32)30(22-7-8-22)18-19-11-23(34-5)14-24(12-19)35-10-6-9-33-4/h11-12,14,20-22,28H,6-10,13,15-18H2,1-5H3,(H,29,31). The Kier molecular flexibility index (Phi) is 9.80. The fourth-order valence-corrected chi connectivity index (χ4v) is 4.52. The summed E-state index contributed by atoms with van der Waals surface area (Å²) in [4.78, 5) is 28.1. The molecule has 2 N–H and O–H groups in total. The van der Waals surface area contributed by atoms with Gasteiger partial charge in [0.1, 0.15) is 11.5 Å². The van der Waals surface area contributed by atoms with Gasteiger partial charge < -0.3 is 29.7 Å². The Hall–Kier alpha value is -2.32. The maximum absolute atomic E-state index is 13.6. The van der Waals surface area contributed by atoms with Crippen molar-refractivity contribution >= 4 is 11.8 Å². The Morgan fingerprint density at radius 2 is 1.83 bits per heavy atom. The van der Waals surface area contributed by atoms with Gasteiger partial charge in [0.25, 0.3) is 0 Å². The lowest BCUT2D eigenvalue weighted by Crippen LogP contribution is -2.53. The van der Waals surface area contributed by atoms with Crippen molar-refractivity contribution in [2.24, 2.45) is 11.3 Å². The first-order valence-electron chi connectivity index (χ1n) is 12.8. The normalized spacial score (nSPS) is 20.3. The predicted octanol–water partition coefficient (Wildman–Crippen LogP) is 3.13. The molecule has 2 amide bonds. The summed E-state index contributed by atoms with van der Waals surface area (Å²) in [5, 5.41) is 6.49. The molecule has 0 aromatic heterocycles. The predicted molar refractivity (Wildman–Crippen MR) is 136 cm³/mol. The van der Waals surface area contributed by atoms with Gasteiger partial charge in [0.05, 0.1) is 19.6 Å². The van der Waals surface area contributed by atoms with E-state index in [0.29, 0.717) is 51.4 Å². The summed E-state index contributed by atoms with van der Waals surface area (Å²) >= 11 is 0. The van der Waals surface area contributed by atoms with E-state index in [1.807, 2.05) is 23.1 Å². The number of carbonyl (C=O) groups excluding carboxylic acids is 2. The number of methoxy groups -OCH3 is 2. The molecule has 2 aliphatic rings. The summed E-state index contributed by atoms with van der Waals surface area (Å²) in [6, 6.07) is 6.08. The van der Waals surface area contributed by atoms with Crippen LogP contribution in [0.15, 0.2) is 18.2 Å². The highest BCUT2D eigenvalue weighted by atomic mass is 16.5. The molecular formula is C27H43N3O5. The van der Waals surface area contributed by atoms with Crippen molar-refractivity contribution in [2.45, 2.75) is 71.5 Å². The number of ether oxygens (including phenoxy) is 3. The van der Waals surface area contributed by atoms with E-state index in [2.05, 4.69) is 31.4 Å². The number of amides is 2. The average Bonchev–Trinajstić information content (AvgIpc) is 3.64. The number of hydrogen-bond acceptors (Lipinski definition) is 6. The van der Waals surface area contributed by atoms with Crippen LogP contribution >= 0.6 is 0 Å². The molecule has 1 heterocycles. The average molecular weight is 490 g/mol. The van der Waals surface area contributed by atoms with Crippen molar-refractivity contribution in [3.63, 3.8) is 0 Å². The van der Waals surface area contributed by atoms with Crippen molar-refractivity contribution in [1.29, 1.82) is 0 Å². The van der Waals surface area contributed by atoms with Gasteiger partial charge in [-0.15, -0.1) is 0 Å². The van der Waals surface area contributed by atoms with Gasteiger partial charge >= 0.3 is 0 Å². The lowest BCUT2D eigenvalue weighted by molar-refractivity contribution is -0.138. The molecule has 35 heavy (non-hydrogen) atoms. The van der Waals surface area contributed by atoms with Gasteiger partial charge in [0.2, 0.25) is 11.8 Å². The molecule has 0 bridgehead atoms. The molecule has 196 valence electrons. The third-order valence-corrected chi connectivity index (χ3v) is 6.32. The lowest BCUT2D eigenvalue weighted by atomic mass is 9.90. The summed E-state index contributed by atoms with van der Waals surface area (Å²) < 4.78 is 16.5. The highest BCUT2D eigenvalue weighted by Crippen LogP contribution is 2.32. The van der Waals surface area contributed by atoms with Crippen LogP contribution in [0.2, 0.25) is 0 Å². The minimum atomic E-state index is -0.153. The molecule has 0 radical (unpaired) electrons. The smallest absolute Gasteiger partial charge is 0.227 e. The monoisotopic (exact) mass is 489 g/mol. The quantitative estimate of drug-likeness (QED) is 0.439. The first-order valence-corrected chi connectivity index (χ1v) is 12.8. The van der Waals surface area contributed by atoms with E-state index in [-0.39, 0.29) is 35.2 Å². The van der Waals surface area contributed by atoms with E-state index in [9.17, 15) is 9.59 Å². The van der Waals surface area contributed by atoms with E-state index in [1.165, 1.54) is 0 Å².